The van der Waals surface area contributed by atoms with Crippen molar-refractivity contribution in [2.75, 3.05) is 7.11 Å². The Kier molecular flexibility index (Phi) is 3.96. The zero-order valence-corrected chi connectivity index (χ0v) is 14.9. The molecular weight excluding hydrogens is 308 g/mol. The molecule has 1 heterocycles. The molecule has 0 amide bonds. The molecule has 3 aromatic carbocycles. The van der Waals surface area contributed by atoms with Gasteiger partial charge in [-0.1, -0.05) is 54.1 Å². The molecule has 0 aromatic heterocycles. The van der Waals surface area contributed by atoms with E-state index < -0.39 is 0 Å². The first kappa shape index (κ1) is 15.8. The molecule has 1 atom stereocenters. The van der Waals surface area contributed by atoms with Crippen LogP contribution in [0.25, 0.3) is 11.1 Å². The van der Waals surface area contributed by atoms with Crippen LogP contribution in [0.15, 0.2) is 60.7 Å². The van der Waals surface area contributed by atoms with Gasteiger partial charge in [-0.25, -0.2) is 0 Å². The fourth-order valence-corrected chi connectivity index (χ4v) is 3.57. The summed E-state index contributed by atoms with van der Waals surface area (Å²) in [5, 5.41) is 0. The highest BCUT2D eigenvalue weighted by molar-refractivity contribution is 5.74. The summed E-state index contributed by atoms with van der Waals surface area (Å²) in [6.07, 6.45) is 0.999. The largest absolute Gasteiger partial charge is 0.497 e. The van der Waals surface area contributed by atoms with E-state index in [1.54, 1.807) is 7.11 Å². The molecule has 25 heavy (non-hydrogen) atoms. The molecule has 0 spiro atoms. The summed E-state index contributed by atoms with van der Waals surface area (Å²) in [7, 11) is 1.70. The maximum Gasteiger partial charge on any atom is 0.131 e. The van der Waals surface area contributed by atoms with Gasteiger partial charge in [0.2, 0.25) is 0 Å². The number of para-hydroxylation sites is 1. The molecule has 126 valence electrons. The number of methoxy groups -OCH3 is 1. The lowest BCUT2D eigenvalue weighted by Gasteiger charge is -2.16. The first-order valence-electron chi connectivity index (χ1n) is 8.66. The van der Waals surface area contributed by atoms with Crippen molar-refractivity contribution in [2.24, 2.45) is 0 Å². The SMILES string of the molecule is COc1cccc(-c2cccc3c2OC(c2cc(C)ccc2C)C3)c1. The van der Waals surface area contributed by atoms with E-state index >= 15 is 0 Å². The molecule has 0 saturated carbocycles. The molecule has 1 unspecified atom stereocenters. The lowest BCUT2D eigenvalue weighted by atomic mass is 9.96. The summed E-state index contributed by atoms with van der Waals surface area (Å²) in [4.78, 5) is 0. The molecule has 1 aliphatic rings. The smallest absolute Gasteiger partial charge is 0.131 e. The fraction of sp³-hybridized carbons (Fsp3) is 0.217. The van der Waals surface area contributed by atoms with Gasteiger partial charge >= 0.3 is 0 Å². The van der Waals surface area contributed by atoms with Crippen LogP contribution in [-0.4, -0.2) is 7.11 Å². The molecule has 3 aromatic rings. The molecule has 2 nitrogen and oxygen atoms in total. The van der Waals surface area contributed by atoms with E-state index in [0.717, 1.165) is 29.0 Å². The van der Waals surface area contributed by atoms with Crippen LogP contribution in [0.4, 0.5) is 0 Å². The van der Waals surface area contributed by atoms with Gasteiger partial charge in [0.25, 0.3) is 0 Å². The monoisotopic (exact) mass is 330 g/mol. The van der Waals surface area contributed by atoms with Crippen LogP contribution < -0.4 is 9.47 Å². The number of hydrogen-bond acceptors (Lipinski definition) is 2. The standard InChI is InChI=1S/C23H22O2/c1-15-10-11-16(2)21(12-15)22-14-18-7-5-9-20(23(18)25-22)17-6-4-8-19(13-17)24-3/h4-13,22H,14H2,1-3H3. The highest BCUT2D eigenvalue weighted by atomic mass is 16.5. The predicted octanol–water partition coefficient (Wildman–Crippen LogP) is 5.66. The van der Waals surface area contributed by atoms with E-state index in [1.165, 1.54) is 22.3 Å². The van der Waals surface area contributed by atoms with Gasteiger partial charge in [-0.2, -0.15) is 0 Å². The van der Waals surface area contributed by atoms with Gasteiger partial charge in [-0.3, -0.25) is 0 Å². The third kappa shape index (κ3) is 2.89. The Bertz CT molecular complexity index is 927. The van der Waals surface area contributed by atoms with Crippen LogP contribution in [0.5, 0.6) is 11.5 Å². The van der Waals surface area contributed by atoms with Gasteiger partial charge in [0.15, 0.2) is 0 Å². The van der Waals surface area contributed by atoms with Gasteiger partial charge in [0, 0.05) is 12.0 Å². The van der Waals surface area contributed by atoms with Crippen LogP contribution in [0.1, 0.15) is 28.4 Å². The molecule has 4 rings (SSSR count). The number of aryl methyl sites for hydroxylation is 2. The lowest BCUT2D eigenvalue weighted by Crippen LogP contribution is -2.05. The van der Waals surface area contributed by atoms with Gasteiger partial charge in [-0.05, 0) is 48.2 Å². The lowest BCUT2D eigenvalue weighted by molar-refractivity contribution is 0.238. The Morgan fingerprint density at radius 2 is 1.80 bits per heavy atom. The highest BCUT2D eigenvalue weighted by Gasteiger charge is 2.28. The van der Waals surface area contributed by atoms with Crippen LogP contribution in [0, 0.1) is 13.8 Å². The number of hydrogen-bond donors (Lipinski definition) is 0. The first-order chi connectivity index (χ1) is 12.2. The summed E-state index contributed by atoms with van der Waals surface area (Å²) >= 11 is 0. The third-order valence-corrected chi connectivity index (χ3v) is 4.92. The number of ether oxygens (including phenoxy) is 2. The molecule has 0 aliphatic carbocycles. The summed E-state index contributed by atoms with van der Waals surface area (Å²) < 4.78 is 11.8. The summed E-state index contributed by atoms with van der Waals surface area (Å²) in [6.45, 7) is 4.29. The van der Waals surface area contributed by atoms with E-state index in [2.05, 4.69) is 62.4 Å². The molecule has 0 bridgehead atoms. The van der Waals surface area contributed by atoms with Crippen molar-refractivity contribution in [3.05, 3.63) is 82.9 Å². The van der Waals surface area contributed by atoms with E-state index in [0.29, 0.717) is 0 Å². The zero-order chi connectivity index (χ0) is 17.4. The predicted molar refractivity (Wildman–Crippen MR) is 101 cm³/mol. The van der Waals surface area contributed by atoms with Gasteiger partial charge in [-0.15, -0.1) is 0 Å². The Labute approximate surface area is 149 Å². The summed E-state index contributed by atoms with van der Waals surface area (Å²) in [5.41, 5.74) is 7.36. The average Bonchev–Trinajstić information content (AvgIpc) is 3.07. The van der Waals surface area contributed by atoms with Gasteiger partial charge < -0.3 is 9.47 Å². The fourth-order valence-electron chi connectivity index (χ4n) is 3.57. The normalized spacial score (nSPS) is 15.6. The van der Waals surface area contributed by atoms with Crippen molar-refractivity contribution in [3.8, 4) is 22.6 Å². The average molecular weight is 330 g/mol. The van der Waals surface area contributed by atoms with Crippen LogP contribution in [0.3, 0.4) is 0 Å². The van der Waals surface area contributed by atoms with E-state index in [-0.39, 0.29) is 6.10 Å². The van der Waals surface area contributed by atoms with Crippen molar-refractivity contribution in [1.82, 2.24) is 0 Å². The Hall–Kier alpha value is -2.74. The maximum atomic E-state index is 6.45. The second kappa shape index (κ2) is 6.29. The maximum absolute atomic E-state index is 6.45. The minimum atomic E-state index is 0.0849. The molecule has 2 heteroatoms. The molecule has 0 saturated heterocycles. The minimum Gasteiger partial charge on any atom is -0.497 e. The minimum absolute atomic E-state index is 0.0849. The zero-order valence-electron chi connectivity index (χ0n) is 14.9. The van der Waals surface area contributed by atoms with Crippen molar-refractivity contribution in [3.63, 3.8) is 0 Å². The van der Waals surface area contributed by atoms with Crippen molar-refractivity contribution >= 4 is 0 Å². The van der Waals surface area contributed by atoms with E-state index in [1.807, 2.05) is 12.1 Å². The Morgan fingerprint density at radius 1 is 0.960 bits per heavy atom. The molecular formula is C23H22O2. The molecule has 1 aliphatic heterocycles. The molecule has 0 fully saturated rings. The molecule has 0 radical (unpaired) electrons. The number of fused-ring (bicyclic) bond motifs is 1. The second-order valence-electron chi connectivity index (χ2n) is 6.70. The Morgan fingerprint density at radius 3 is 2.64 bits per heavy atom. The number of benzene rings is 3. The first-order valence-corrected chi connectivity index (χ1v) is 8.66. The van der Waals surface area contributed by atoms with Crippen LogP contribution in [-0.2, 0) is 6.42 Å². The Balaban J connectivity index is 1.73. The van der Waals surface area contributed by atoms with Gasteiger partial charge in [0.05, 0.1) is 7.11 Å². The highest BCUT2D eigenvalue weighted by Crippen LogP contribution is 2.44. The summed E-state index contributed by atoms with van der Waals surface area (Å²) in [5.74, 6) is 1.86. The number of rotatable bonds is 3. The van der Waals surface area contributed by atoms with Crippen molar-refractivity contribution in [1.29, 1.82) is 0 Å². The quantitative estimate of drug-likeness (QED) is 0.617. The summed E-state index contributed by atoms with van der Waals surface area (Å²) in [6, 6.07) is 21.1. The topological polar surface area (TPSA) is 18.5 Å². The van der Waals surface area contributed by atoms with Crippen LogP contribution in [0.2, 0.25) is 0 Å². The second-order valence-corrected chi connectivity index (χ2v) is 6.70. The van der Waals surface area contributed by atoms with Crippen molar-refractivity contribution in [2.45, 2.75) is 26.4 Å². The third-order valence-electron chi connectivity index (χ3n) is 4.92. The van der Waals surface area contributed by atoms with Crippen LogP contribution >= 0.6 is 0 Å². The molecule has 0 N–H and O–H groups in total. The van der Waals surface area contributed by atoms with E-state index in [9.17, 15) is 0 Å². The van der Waals surface area contributed by atoms with E-state index in [4.69, 9.17) is 9.47 Å². The van der Waals surface area contributed by atoms with Crippen molar-refractivity contribution < 1.29 is 9.47 Å². The van der Waals surface area contributed by atoms with Gasteiger partial charge in [0.1, 0.15) is 17.6 Å².